The van der Waals surface area contributed by atoms with Crippen LogP contribution in [0.2, 0.25) is 0 Å². The van der Waals surface area contributed by atoms with Crippen LogP contribution in [0.5, 0.6) is 0 Å². The SMILES string of the molecule is CCCc1nnc(NC(=O)NCC(=O)N2CCCc3ccccc32)s1. The third kappa shape index (κ3) is 4.33. The van der Waals surface area contributed by atoms with E-state index in [2.05, 4.69) is 27.8 Å². The third-order valence-electron chi connectivity index (χ3n) is 3.96. The van der Waals surface area contributed by atoms with Gasteiger partial charge in [-0.15, -0.1) is 10.2 Å². The van der Waals surface area contributed by atoms with Gasteiger partial charge in [0.1, 0.15) is 5.01 Å². The highest BCUT2D eigenvalue weighted by molar-refractivity contribution is 7.15. The molecule has 1 aromatic heterocycles. The first kappa shape index (κ1) is 17.3. The average molecular weight is 359 g/mol. The Balaban J connectivity index is 1.53. The number of nitrogens with zero attached hydrogens (tertiary/aromatic N) is 3. The van der Waals surface area contributed by atoms with Gasteiger partial charge in [0.25, 0.3) is 0 Å². The van der Waals surface area contributed by atoms with Gasteiger partial charge in [0.15, 0.2) is 0 Å². The summed E-state index contributed by atoms with van der Waals surface area (Å²) in [5.74, 6) is -0.119. The molecule has 132 valence electrons. The van der Waals surface area contributed by atoms with Crippen molar-refractivity contribution >= 4 is 34.1 Å². The van der Waals surface area contributed by atoms with Crippen molar-refractivity contribution in [1.82, 2.24) is 15.5 Å². The van der Waals surface area contributed by atoms with Crippen LogP contribution >= 0.6 is 11.3 Å². The van der Waals surface area contributed by atoms with E-state index < -0.39 is 6.03 Å². The number of aryl methyl sites for hydroxylation is 2. The van der Waals surface area contributed by atoms with Crippen molar-refractivity contribution in [3.63, 3.8) is 0 Å². The van der Waals surface area contributed by atoms with Crippen LogP contribution in [-0.4, -0.2) is 35.2 Å². The highest BCUT2D eigenvalue weighted by atomic mass is 32.1. The Labute approximate surface area is 150 Å². The topological polar surface area (TPSA) is 87.2 Å². The number of hydrogen-bond donors (Lipinski definition) is 2. The molecule has 0 radical (unpaired) electrons. The minimum Gasteiger partial charge on any atom is -0.329 e. The predicted octanol–water partition coefficient (Wildman–Crippen LogP) is 2.59. The van der Waals surface area contributed by atoms with Crippen LogP contribution in [-0.2, 0) is 17.6 Å². The fraction of sp³-hybridized carbons (Fsp3) is 0.412. The van der Waals surface area contributed by atoms with Crippen molar-refractivity contribution in [3.05, 3.63) is 34.8 Å². The van der Waals surface area contributed by atoms with Crippen LogP contribution in [0.3, 0.4) is 0 Å². The van der Waals surface area contributed by atoms with Crippen LogP contribution in [0.4, 0.5) is 15.6 Å². The molecule has 0 saturated heterocycles. The summed E-state index contributed by atoms with van der Waals surface area (Å²) in [6.45, 7) is 2.68. The summed E-state index contributed by atoms with van der Waals surface area (Å²) in [6, 6.07) is 7.44. The normalized spacial score (nSPS) is 13.2. The second-order valence-electron chi connectivity index (χ2n) is 5.84. The summed E-state index contributed by atoms with van der Waals surface area (Å²) in [5, 5.41) is 14.5. The number of amides is 3. The largest absolute Gasteiger partial charge is 0.329 e. The molecule has 0 bridgehead atoms. The first-order valence-corrected chi connectivity index (χ1v) is 9.24. The Kier molecular flexibility index (Phi) is 5.60. The Bertz CT molecular complexity index is 761. The van der Waals surface area contributed by atoms with E-state index in [0.29, 0.717) is 11.7 Å². The molecule has 0 unspecified atom stereocenters. The number of nitrogens with one attached hydrogen (secondary N) is 2. The van der Waals surface area contributed by atoms with Crippen LogP contribution < -0.4 is 15.5 Å². The first-order valence-electron chi connectivity index (χ1n) is 8.43. The number of urea groups is 1. The van der Waals surface area contributed by atoms with Crippen LogP contribution in [0.1, 0.15) is 30.3 Å². The Morgan fingerprint density at radius 2 is 2.12 bits per heavy atom. The van der Waals surface area contributed by atoms with Gasteiger partial charge in [-0.25, -0.2) is 4.79 Å². The van der Waals surface area contributed by atoms with Crippen molar-refractivity contribution in [2.75, 3.05) is 23.3 Å². The molecule has 1 aromatic carbocycles. The zero-order valence-electron chi connectivity index (χ0n) is 14.1. The molecule has 2 N–H and O–H groups in total. The third-order valence-corrected chi connectivity index (χ3v) is 4.86. The van der Waals surface area contributed by atoms with Crippen LogP contribution in [0.15, 0.2) is 24.3 Å². The maximum atomic E-state index is 12.5. The molecule has 1 aliphatic heterocycles. The van der Waals surface area contributed by atoms with Crippen molar-refractivity contribution in [3.8, 4) is 0 Å². The Morgan fingerprint density at radius 1 is 1.28 bits per heavy atom. The minimum absolute atomic E-state index is 0.0548. The van der Waals surface area contributed by atoms with Gasteiger partial charge in [-0.1, -0.05) is 36.5 Å². The smallest absolute Gasteiger partial charge is 0.321 e. The number of rotatable bonds is 5. The van der Waals surface area contributed by atoms with Crippen LogP contribution in [0.25, 0.3) is 0 Å². The quantitative estimate of drug-likeness (QED) is 0.859. The van der Waals surface area contributed by atoms with E-state index in [4.69, 9.17) is 0 Å². The maximum absolute atomic E-state index is 12.5. The zero-order valence-corrected chi connectivity index (χ0v) is 14.9. The van der Waals surface area contributed by atoms with E-state index in [1.807, 2.05) is 24.3 Å². The summed E-state index contributed by atoms with van der Waals surface area (Å²) >= 11 is 1.35. The van der Waals surface area contributed by atoms with Gasteiger partial charge in [0.05, 0.1) is 6.54 Å². The molecular formula is C17H21N5O2S. The number of hydrogen-bond acceptors (Lipinski definition) is 5. The number of aromatic nitrogens is 2. The van der Waals surface area contributed by atoms with Gasteiger partial charge in [0, 0.05) is 18.7 Å². The first-order chi connectivity index (χ1) is 12.2. The van der Waals surface area contributed by atoms with Crippen molar-refractivity contribution < 1.29 is 9.59 Å². The van der Waals surface area contributed by atoms with E-state index in [9.17, 15) is 9.59 Å². The molecule has 7 nitrogen and oxygen atoms in total. The summed E-state index contributed by atoms with van der Waals surface area (Å²) in [4.78, 5) is 26.2. The van der Waals surface area contributed by atoms with E-state index in [-0.39, 0.29) is 12.5 Å². The minimum atomic E-state index is -0.446. The monoisotopic (exact) mass is 359 g/mol. The van der Waals surface area contributed by atoms with Gasteiger partial charge in [0.2, 0.25) is 11.0 Å². The lowest BCUT2D eigenvalue weighted by Crippen LogP contribution is -2.43. The molecule has 25 heavy (non-hydrogen) atoms. The van der Waals surface area contributed by atoms with Gasteiger partial charge in [-0.3, -0.25) is 10.1 Å². The molecule has 1 aliphatic rings. The molecule has 0 saturated carbocycles. The highest BCUT2D eigenvalue weighted by Crippen LogP contribution is 2.26. The number of para-hydroxylation sites is 1. The van der Waals surface area contributed by atoms with Gasteiger partial charge in [-0.2, -0.15) is 0 Å². The highest BCUT2D eigenvalue weighted by Gasteiger charge is 2.22. The van der Waals surface area contributed by atoms with Gasteiger partial charge < -0.3 is 10.2 Å². The molecule has 2 aromatic rings. The van der Waals surface area contributed by atoms with Crippen molar-refractivity contribution in [2.24, 2.45) is 0 Å². The summed E-state index contributed by atoms with van der Waals surface area (Å²) in [5.41, 5.74) is 2.11. The van der Waals surface area contributed by atoms with Gasteiger partial charge in [-0.05, 0) is 30.9 Å². The molecule has 3 rings (SSSR count). The average Bonchev–Trinajstić information content (AvgIpc) is 3.06. The molecule has 0 spiro atoms. The van der Waals surface area contributed by atoms with Crippen LogP contribution in [0, 0.1) is 0 Å². The predicted molar refractivity (Wildman–Crippen MR) is 98.0 cm³/mol. The number of carbonyl (C=O) groups excluding carboxylic acids is 2. The van der Waals surface area contributed by atoms with E-state index in [1.54, 1.807) is 4.90 Å². The fourth-order valence-electron chi connectivity index (χ4n) is 2.80. The maximum Gasteiger partial charge on any atom is 0.321 e. The standard InChI is InChI=1S/C17H21N5O2S/c1-2-6-14-20-21-17(25-14)19-16(24)18-11-15(23)22-10-5-8-12-7-3-4-9-13(12)22/h3-4,7,9H,2,5-6,8,10-11H2,1H3,(H2,18,19,21,24). The second kappa shape index (κ2) is 8.06. The molecule has 0 atom stereocenters. The number of carbonyl (C=O) groups is 2. The van der Waals surface area contributed by atoms with Gasteiger partial charge >= 0.3 is 6.03 Å². The molecule has 8 heteroatoms. The summed E-state index contributed by atoms with van der Waals surface area (Å²) in [6.07, 6.45) is 3.73. The number of benzene rings is 1. The van der Waals surface area contributed by atoms with E-state index >= 15 is 0 Å². The van der Waals surface area contributed by atoms with Crippen molar-refractivity contribution in [2.45, 2.75) is 32.6 Å². The lowest BCUT2D eigenvalue weighted by molar-refractivity contribution is -0.117. The Hall–Kier alpha value is -2.48. The molecule has 3 amide bonds. The van der Waals surface area contributed by atoms with E-state index in [0.717, 1.165) is 36.4 Å². The molecule has 0 aliphatic carbocycles. The van der Waals surface area contributed by atoms with Crippen molar-refractivity contribution in [1.29, 1.82) is 0 Å². The number of anilines is 2. The lowest BCUT2D eigenvalue weighted by atomic mass is 10.0. The zero-order chi connectivity index (χ0) is 17.6. The molecule has 2 heterocycles. The molecular weight excluding hydrogens is 338 g/mol. The summed E-state index contributed by atoms with van der Waals surface area (Å²) < 4.78 is 0. The molecule has 0 fully saturated rings. The number of fused-ring (bicyclic) bond motifs is 1. The fourth-order valence-corrected chi connectivity index (χ4v) is 3.64. The second-order valence-corrected chi connectivity index (χ2v) is 6.90. The van der Waals surface area contributed by atoms with E-state index in [1.165, 1.54) is 16.9 Å². The summed E-state index contributed by atoms with van der Waals surface area (Å²) in [7, 11) is 0. The lowest BCUT2D eigenvalue weighted by Gasteiger charge is -2.29. The Morgan fingerprint density at radius 3 is 2.96 bits per heavy atom.